The van der Waals surface area contributed by atoms with Gasteiger partial charge in [-0.1, -0.05) is 0 Å². The van der Waals surface area contributed by atoms with Gasteiger partial charge in [-0.25, -0.2) is 0 Å². The van der Waals surface area contributed by atoms with E-state index in [-0.39, 0.29) is 5.69 Å². The number of carbonyl (C=O) groups is 1. The molecule has 6 nitrogen and oxygen atoms in total. The quantitative estimate of drug-likeness (QED) is 0.772. The number of nitrogens with zero attached hydrogens (tertiary/aromatic N) is 2. The Morgan fingerprint density at radius 1 is 1.41 bits per heavy atom. The van der Waals surface area contributed by atoms with Crippen molar-refractivity contribution < 1.29 is 27.8 Å². The third kappa shape index (κ3) is 2.21. The number of benzene rings is 1. The van der Waals surface area contributed by atoms with E-state index in [4.69, 9.17) is 15.7 Å². The van der Waals surface area contributed by atoms with E-state index in [0.29, 0.717) is 6.42 Å². The van der Waals surface area contributed by atoms with Crippen LogP contribution in [-0.4, -0.2) is 34.5 Å². The monoisotopic (exact) mass is 381 g/mol. The molecule has 0 aromatic heterocycles. The lowest BCUT2D eigenvalue weighted by Gasteiger charge is -2.34. The molecule has 0 aliphatic carbocycles. The van der Waals surface area contributed by atoms with Gasteiger partial charge in [-0.3, -0.25) is 9.69 Å². The van der Waals surface area contributed by atoms with Crippen molar-refractivity contribution in [1.82, 2.24) is 0 Å². The van der Waals surface area contributed by atoms with Gasteiger partial charge in [-0.2, -0.15) is 18.4 Å². The van der Waals surface area contributed by atoms with Crippen LogP contribution >= 0.6 is 0 Å². The van der Waals surface area contributed by atoms with Crippen LogP contribution in [0.5, 0.6) is 0 Å². The van der Waals surface area contributed by atoms with E-state index in [1.165, 1.54) is 12.1 Å². The number of anilines is 1. The van der Waals surface area contributed by atoms with Gasteiger partial charge in [0.1, 0.15) is 6.23 Å². The van der Waals surface area contributed by atoms with E-state index in [1.807, 2.05) is 0 Å². The number of hydrogen-bond acceptors (Lipinski definition) is 5. The van der Waals surface area contributed by atoms with Crippen LogP contribution in [0.4, 0.5) is 18.9 Å². The smallest absolute Gasteiger partial charge is 0.373 e. The van der Waals surface area contributed by atoms with Crippen molar-refractivity contribution in [2.75, 3.05) is 4.90 Å². The maximum Gasteiger partial charge on any atom is 0.417 e. The average Bonchev–Trinajstić information content (AvgIpc) is 3.07. The minimum Gasteiger partial charge on any atom is -0.373 e. The highest BCUT2D eigenvalue weighted by molar-refractivity contribution is 6.00. The van der Waals surface area contributed by atoms with Crippen LogP contribution < -0.4 is 10.6 Å². The Hall–Kier alpha value is -2.15. The SMILES string of the molecule is C[C@@]12O[C@@](C)(C[C@@H]1N)C1C(O)N(c3ccc(C#N)c(C(F)(F)F)c3)C(=O)C12. The van der Waals surface area contributed by atoms with Gasteiger partial charge in [-0.05, 0) is 38.5 Å². The second-order valence-electron chi connectivity index (χ2n) is 7.87. The molecule has 0 spiro atoms. The number of rotatable bonds is 1. The molecule has 3 aliphatic heterocycles. The summed E-state index contributed by atoms with van der Waals surface area (Å²) in [4.78, 5) is 14.1. The molecule has 0 radical (unpaired) electrons. The summed E-state index contributed by atoms with van der Waals surface area (Å²) in [7, 11) is 0. The van der Waals surface area contributed by atoms with Gasteiger partial charge in [0.15, 0.2) is 0 Å². The summed E-state index contributed by atoms with van der Waals surface area (Å²) in [6, 6.07) is 4.07. The fraction of sp³-hybridized carbons (Fsp3) is 0.556. The lowest BCUT2D eigenvalue weighted by atomic mass is 9.66. The summed E-state index contributed by atoms with van der Waals surface area (Å²) in [6.45, 7) is 3.48. The van der Waals surface area contributed by atoms with E-state index >= 15 is 0 Å². The van der Waals surface area contributed by atoms with Crippen molar-refractivity contribution in [3.63, 3.8) is 0 Å². The molecule has 3 aliphatic rings. The van der Waals surface area contributed by atoms with Gasteiger partial charge in [-0.15, -0.1) is 0 Å². The van der Waals surface area contributed by atoms with Crippen LogP contribution in [0.2, 0.25) is 0 Å². The van der Waals surface area contributed by atoms with E-state index in [1.54, 1.807) is 13.8 Å². The standard InChI is InChI=1S/C18H18F3N3O3/c1-16-6-11(23)17(2,27-16)13-12(16)14(25)24(15(13)26)9-4-3-8(7-22)10(5-9)18(19,20)21/h3-5,11-14,25H,6,23H2,1-2H3/t11-,12?,13?,14?,16-,17+/m0/s1. The summed E-state index contributed by atoms with van der Waals surface area (Å²) in [5, 5.41) is 19.8. The second-order valence-corrected chi connectivity index (χ2v) is 7.87. The number of fused-ring (bicyclic) bond motifs is 5. The van der Waals surface area contributed by atoms with Crippen molar-refractivity contribution in [3.8, 4) is 6.07 Å². The number of carbonyl (C=O) groups excluding carboxylic acids is 1. The largest absolute Gasteiger partial charge is 0.417 e. The number of aliphatic hydroxyl groups is 1. The average molecular weight is 381 g/mol. The molecule has 3 unspecified atom stereocenters. The minimum atomic E-state index is -4.76. The van der Waals surface area contributed by atoms with E-state index in [9.17, 15) is 23.1 Å². The van der Waals surface area contributed by atoms with Gasteiger partial charge in [0, 0.05) is 17.6 Å². The number of halogens is 3. The molecule has 3 saturated heterocycles. The predicted molar refractivity (Wildman–Crippen MR) is 87.1 cm³/mol. The molecule has 9 heteroatoms. The topological polar surface area (TPSA) is 99.6 Å². The van der Waals surface area contributed by atoms with Crippen LogP contribution in [0.25, 0.3) is 0 Å². The molecule has 3 fully saturated rings. The Labute approximate surface area is 153 Å². The maximum atomic E-state index is 13.3. The third-order valence-electron chi connectivity index (χ3n) is 6.29. The van der Waals surface area contributed by atoms with Gasteiger partial charge in [0.05, 0.1) is 34.3 Å². The highest BCUT2D eigenvalue weighted by Crippen LogP contribution is 2.61. The zero-order chi connectivity index (χ0) is 19.9. The zero-order valence-electron chi connectivity index (χ0n) is 14.6. The highest BCUT2D eigenvalue weighted by Gasteiger charge is 2.74. The third-order valence-corrected chi connectivity index (χ3v) is 6.29. The molecule has 3 N–H and O–H groups in total. The predicted octanol–water partition coefficient (Wildman–Crippen LogP) is 1.75. The minimum absolute atomic E-state index is 0.103. The Morgan fingerprint density at radius 2 is 2.07 bits per heavy atom. The maximum absolute atomic E-state index is 13.3. The molecule has 1 aromatic carbocycles. The molecule has 4 rings (SSSR count). The van der Waals surface area contributed by atoms with Crippen molar-refractivity contribution >= 4 is 11.6 Å². The number of hydrogen-bond donors (Lipinski definition) is 2. The van der Waals surface area contributed by atoms with Gasteiger partial charge < -0.3 is 15.6 Å². The Balaban J connectivity index is 1.80. The molecule has 27 heavy (non-hydrogen) atoms. The summed E-state index contributed by atoms with van der Waals surface area (Å²) in [6.07, 6.45) is -5.65. The van der Waals surface area contributed by atoms with Gasteiger partial charge in [0.25, 0.3) is 0 Å². The number of aliphatic hydroxyl groups excluding tert-OH is 1. The first-order chi connectivity index (χ1) is 12.4. The number of alkyl halides is 3. The molecule has 2 bridgehead atoms. The first kappa shape index (κ1) is 18.2. The molecule has 6 atom stereocenters. The number of nitriles is 1. The van der Waals surface area contributed by atoms with E-state index < -0.39 is 58.5 Å². The number of nitrogens with two attached hydrogens (primary N) is 1. The fourth-order valence-corrected chi connectivity index (χ4v) is 5.09. The zero-order valence-corrected chi connectivity index (χ0v) is 14.6. The van der Waals surface area contributed by atoms with Crippen molar-refractivity contribution in [2.24, 2.45) is 17.6 Å². The van der Waals surface area contributed by atoms with Crippen molar-refractivity contribution in [1.29, 1.82) is 5.26 Å². The number of amides is 1. The molecule has 3 heterocycles. The van der Waals surface area contributed by atoms with Gasteiger partial charge in [0.2, 0.25) is 5.91 Å². The summed E-state index contributed by atoms with van der Waals surface area (Å²) < 4.78 is 45.9. The van der Waals surface area contributed by atoms with E-state index in [2.05, 4.69) is 0 Å². The molecule has 1 aromatic rings. The molecular formula is C18H18F3N3O3. The fourth-order valence-electron chi connectivity index (χ4n) is 5.09. The molecule has 1 amide bonds. The van der Waals surface area contributed by atoms with Gasteiger partial charge >= 0.3 is 6.18 Å². The lowest BCUT2D eigenvalue weighted by molar-refractivity contribution is -0.138. The Kier molecular flexibility index (Phi) is 3.52. The molecule has 0 saturated carbocycles. The van der Waals surface area contributed by atoms with Crippen LogP contribution in [-0.2, 0) is 15.7 Å². The number of ether oxygens (including phenoxy) is 1. The van der Waals surface area contributed by atoms with Crippen LogP contribution in [0, 0.1) is 23.2 Å². The van der Waals surface area contributed by atoms with Crippen LogP contribution in [0.3, 0.4) is 0 Å². The van der Waals surface area contributed by atoms with Crippen LogP contribution in [0.1, 0.15) is 31.4 Å². The molecular weight excluding hydrogens is 363 g/mol. The first-order valence-corrected chi connectivity index (χ1v) is 8.52. The van der Waals surface area contributed by atoms with Crippen LogP contribution in [0.15, 0.2) is 18.2 Å². The summed E-state index contributed by atoms with van der Waals surface area (Å²) in [5.41, 5.74) is 2.54. The Morgan fingerprint density at radius 3 is 2.67 bits per heavy atom. The highest BCUT2D eigenvalue weighted by atomic mass is 19.4. The first-order valence-electron chi connectivity index (χ1n) is 8.52. The normalized spacial score (nSPS) is 40.4. The lowest BCUT2D eigenvalue weighted by Crippen LogP contribution is -2.53. The van der Waals surface area contributed by atoms with Crippen molar-refractivity contribution in [3.05, 3.63) is 29.3 Å². The van der Waals surface area contributed by atoms with Crippen molar-refractivity contribution in [2.45, 2.75) is 49.9 Å². The molecule has 144 valence electrons. The Bertz CT molecular complexity index is 883. The van der Waals surface area contributed by atoms with E-state index in [0.717, 1.165) is 17.0 Å². The summed E-state index contributed by atoms with van der Waals surface area (Å²) >= 11 is 0. The second kappa shape index (κ2) is 5.22. The summed E-state index contributed by atoms with van der Waals surface area (Å²) in [5.74, 6) is -1.86.